The standard InChI is InChI=1S/C5H11ClO3S/c1-5(6)3-4-9-10(2,7)8/h5H,3-4H2,1-2H3/t5-/m1/s1. The third kappa shape index (κ3) is 8.20. The lowest BCUT2D eigenvalue weighted by Gasteiger charge is -2.01. The van der Waals surface area contributed by atoms with Crippen LogP contribution in [-0.2, 0) is 14.3 Å². The number of hydrogen-bond donors (Lipinski definition) is 0. The van der Waals surface area contributed by atoms with Crippen LogP contribution in [0.15, 0.2) is 0 Å². The van der Waals surface area contributed by atoms with Crippen molar-refractivity contribution in [3.63, 3.8) is 0 Å². The lowest BCUT2D eigenvalue weighted by molar-refractivity contribution is 0.315. The summed E-state index contributed by atoms with van der Waals surface area (Å²) < 4.78 is 25.1. The van der Waals surface area contributed by atoms with Crippen molar-refractivity contribution in [1.29, 1.82) is 0 Å². The molecule has 0 aliphatic rings. The SMILES string of the molecule is C[C@@H](Cl)CCOS(C)(=O)=O. The minimum Gasteiger partial charge on any atom is -0.270 e. The molecule has 0 unspecified atom stereocenters. The summed E-state index contributed by atoms with van der Waals surface area (Å²) >= 11 is 5.53. The molecular formula is C5H11ClO3S. The summed E-state index contributed by atoms with van der Waals surface area (Å²) in [6, 6.07) is 0. The van der Waals surface area contributed by atoms with Crippen LogP contribution in [0.5, 0.6) is 0 Å². The van der Waals surface area contributed by atoms with Gasteiger partial charge in [0.1, 0.15) is 0 Å². The van der Waals surface area contributed by atoms with Crippen molar-refractivity contribution < 1.29 is 12.6 Å². The van der Waals surface area contributed by atoms with Crippen LogP contribution in [0.2, 0.25) is 0 Å². The summed E-state index contributed by atoms with van der Waals surface area (Å²) in [7, 11) is -3.28. The van der Waals surface area contributed by atoms with Crippen molar-refractivity contribution >= 4 is 21.7 Å². The molecule has 0 aliphatic carbocycles. The highest BCUT2D eigenvalue weighted by Gasteiger charge is 2.02. The van der Waals surface area contributed by atoms with Crippen molar-refractivity contribution in [2.45, 2.75) is 18.7 Å². The predicted molar refractivity (Wildman–Crippen MR) is 40.7 cm³/mol. The van der Waals surface area contributed by atoms with Crippen LogP contribution in [0.25, 0.3) is 0 Å². The van der Waals surface area contributed by atoms with Gasteiger partial charge in [-0.2, -0.15) is 8.42 Å². The number of alkyl halides is 1. The fourth-order valence-electron chi connectivity index (χ4n) is 0.362. The van der Waals surface area contributed by atoms with Gasteiger partial charge in [-0.15, -0.1) is 11.6 Å². The van der Waals surface area contributed by atoms with Crippen LogP contribution in [-0.4, -0.2) is 26.7 Å². The Morgan fingerprint density at radius 2 is 2.10 bits per heavy atom. The summed E-state index contributed by atoms with van der Waals surface area (Å²) in [4.78, 5) is 0. The Hall–Kier alpha value is 0.200. The first-order valence-corrected chi connectivity index (χ1v) is 5.15. The van der Waals surface area contributed by atoms with Gasteiger partial charge < -0.3 is 0 Å². The third-order valence-corrected chi connectivity index (χ3v) is 1.63. The summed E-state index contributed by atoms with van der Waals surface area (Å²) in [6.45, 7) is 1.96. The normalized spacial score (nSPS) is 15.1. The maximum absolute atomic E-state index is 10.3. The van der Waals surface area contributed by atoms with Gasteiger partial charge in [-0.3, -0.25) is 4.18 Å². The first-order chi connectivity index (χ1) is 4.42. The van der Waals surface area contributed by atoms with E-state index in [-0.39, 0.29) is 12.0 Å². The summed E-state index contributed by atoms with van der Waals surface area (Å²) in [5.41, 5.74) is 0. The van der Waals surface area contributed by atoms with Crippen molar-refractivity contribution in [2.24, 2.45) is 0 Å². The second kappa shape index (κ2) is 4.16. The minimum absolute atomic E-state index is 0.0400. The van der Waals surface area contributed by atoms with E-state index in [2.05, 4.69) is 4.18 Å². The van der Waals surface area contributed by atoms with Gasteiger partial charge in [0, 0.05) is 5.38 Å². The average Bonchev–Trinajstić information content (AvgIpc) is 1.59. The number of halogens is 1. The van der Waals surface area contributed by atoms with Crippen LogP contribution >= 0.6 is 11.6 Å². The molecule has 0 amide bonds. The van der Waals surface area contributed by atoms with Crippen molar-refractivity contribution in [1.82, 2.24) is 0 Å². The van der Waals surface area contributed by atoms with Crippen LogP contribution in [0.1, 0.15) is 13.3 Å². The number of hydrogen-bond acceptors (Lipinski definition) is 3. The fraction of sp³-hybridized carbons (Fsp3) is 1.00. The van der Waals surface area contributed by atoms with E-state index in [1.807, 2.05) is 0 Å². The highest BCUT2D eigenvalue weighted by molar-refractivity contribution is 7.85. The molecule has 0 radical (unpaired) electrons. The molecule has 0 heterocycles. The largest absolute Gasteiger partial charge is 0.270 e. The van der Waals surface area contributed by atoms with Gasteiger partial charge in [-0.1, -0.05) is 0 Å². The summed E-state index contributed by atoms with van der Waals surface area (Å²) in [5, 5.41) is -0.0400. The topological polar surface area (TPSA) is 43.4 Å². The van der Waals surface area contributed by atoms with E-state index in [9.17, 15) is 8.42 Å². The van der Waals surface area contributed by atoms with Gasteiger partial charge in [0.2, 0.25) is 0 Å². The first-order valence-electron chi connectivity index (χ1n) is 2.90. The van der Waals surface area contributed by atoms with Gasteiger partial charge in [-0.05, 0) is 13.3 Å². The summed E-state index contributed by atoms with van der Waals surface area (Å²) in [6.07, 6.45) is 1.57. The quantitative estimate of drug-likeness (QED) is 0.486. The Labute approximate surface area is 66.5 Å². The van der Waals surface area contributed by atoms with E-state index in [1.165, 1.54) is 0 Å². The van der Waals surface area contributed by atoms with Gasteiger partial charge in [0.05, 0.1) is 12.9 Å². The molecular weight excluding hydrogens is 176 g/mol. The molecule has 0 aromatic carbocycles. The zero-order chi connectivity index (χ0) is 8.20. The van der Waals surface area contributed by atoms with Gasteiger partial charge >= 0.3 is 0 Å². The predicted octanol–water partition coefficient (Wildman–Crippen LogP) is 0.980. The molecule has 0 saturated heterocycles. The van der Waals surface area contributed by atoms with Gasteiger partial charge in [0.25, 0.3) is 10.1 Å². The zero-order valence-electron chi connectivity index (χ0n) is 6.00. The van der Waals surface area contributed by atoms with Crippen LogP contribution < -0.4 is 0 Å². The molecule has 0 rings (SSSR count). The maximum Gasteiger partial charge on any atom is 0.264 e. The first kappa shape index (κ1) is 10.2. The maximum atomic E-state index is 10.3. The van der Waals surface area contributed by atoms with E-state index in [4.69, 9.17) is 11.6 Å². The third-order valence-electron chi connectivity index (χ3n) is 0.813. The Kier molecular flexibility index (Phi) is 4.24. The molecule has 5 heteroatoms. The molecule has 0 N–H and O–H groups in total. The molecule has 0 aromatic rings. The molecule has 0 saturated carbocycles. The second-order valence-electron chi connectivity index (χ2n) is 2.10. The van der Waals surface area contributed by atoms with Crippen LogP contribution in [0.3, 0.4) is 0 Å². The molecule has 62 valence electrons. The Bertz CT molecular complexity index is 173. The van der Waals surface area contributed by atoms with E-state index in [0.717, 1.165) is 6.26 Å². The zero-order valence-corrected chi connectivity index (χ0v) is 7.57. The molecule has 0 aromatic heterocycles. The van der Waals surface area contributed by atoms with E-state index >= 15 is 0 Å². The fourth-order valence-corrected chi connectivity index (χ4v) is 0.850. The summed E-state index contributed by atoms with van der Waals surface area (Å²) in [5.74, 6) is 0. The average molecular weight is 187 g/mol. The van der Waals surface area contributed by atoms with Crippen LogP contribution in [0, 0.1) is 0 Å². The van der Waals surface area contributed by atoms with E-state index < -0.39 is 10.1 Å². The lowest BCUT2D eigenvalue weighted by Crippen LogP contribution is -2.06. The Morgan fingerprint density at radius 3 is 2.40 bits per heavy atom. The van der Waals surface area contributed by atoms with Crippen molar-refractivity contribution in [3.8, 4) is 0 Å². The monoisotopic (exact) mass is 186 g/mol. The number of rotatable bonds is 4. The van der Waals surface area contributed by atoms with Gasteiger partial charge in [0.15, 0.2) is 0 Å². The van der Waals surface area contributed by atoms with Gasteiger partial charge in [-0.25, -0.2) is 0 Å². The molecule has 0 spiro atoms. The lowest BCUT2D eigenvalue weighted by atomic mass is 10.4. The van der Waals surface area contributed by atoms with E-state index in [0.29, 0.717) is 6.42 Å². The van der Waals surface area contributed by atoms with Crippen LogP contribution in [0.4, 0.5) is 0 Å². The van der Waals surface area contributed by atoms with E-state index in [1.54, 1.807) is 6.92 Å². The molecule has 0 bridgehead atoms. The molecule has 1 atom stereocenters. The molecule has 0 aliphatic heterocycles. The highest BCUT2D eigenvalue weighted by atomic mass is 35.5. The highest BCUT2D eigenvalue weighted by Crippen LogP contribution is 2.00. The smallest absolute Gasteiger partial charge is 0.264 e. The van der Waals surface area contributed by atoms with Crippen molar-refractivity contribution in [2.75, 3.05) is 12.9 Å². The molecule has 0 fully saturated rings. The Morgan fingerprint density at radius 1 is 1.60 bits per heavy atom. The minimum atomic E-state index is -3.28. The second-order valence-corrected chi connectivity index (χ2v) is 4.48. The molecule has 10 heavy (non-hydrogen) atoms. The molecule has 3 nitrogen and oxygen atoms in total. The van der Waals surface area contributed by atoms with Crippen molar-refractivity contribution in [3.05, 3.63) is 0 Å². The Balaban J connectivity index is 3.39.